The van der Waals surface area contributed by atoms with Gasteiger partial charge >= 0.3 is 7.12 Å². The molecule has 1 saturated heterocycles. The molecule has 0 amide bonds. The molecule has 3 atom stereocenters. The molecule has 0 spiro atoms. The van der Waals surface area contributed by atoms with Crippen LogP contribution in [0.2, 0.25) is 5.82 Å². The van der Waals surface area contributed by atoms with E-state index < -0.39 is 0 Å². The van der Waals surface area contributed by atoms with E-state index in [4.69, 9.17) is 18.8 Å². The highest BCUT2D eigenvalue weighted by atomic mass is 16.6. The van der Waals surface area contributed by atoms with Crippen LogP contribution >= 0.6 is 0 Å². The Morgan fingerprint density at radius 2 is 1.48 bits per heavy atom. The van der Waals surface area contributed by atoms with Gasteiger partial charge in [-0.05, 0) is 57.2 Å². The Kier molecular flexibility index (Phi) is 17.2. The van der Waals surface area contributed by atoms with Crippen LogP contribution < -0.4 is 5.32 Å². The normalized spacial score (nSPS) is 18.8. The smallest absolute Gasteiger partial charge is 0.410 e. The summed E-state index contributed by atoms with van der Waals surface area (Å²) in [6, 6.07) is 0. The number of aliphatic hydroxyl groups is 1. The van der Waals surface area contributed by atoms with Crippen molar-refractivity contribution in [3.63, 3.8) is 0 Å². The van der Waals surface area contributed by atoms with E-state index >= 15 is 0 Å². The van der Waals surface area contributed by atoms with Crippen molar-refractivity contribution in [2.24, 2.45) is 11.8 Å². The van der Waals surface area contributed by atoms with Gasteiger partial charge in [-0.2, -0.15) is 0 Å². The summed E-state index contributed by atoms with van der Waals surface area (Å²) in [5, 5.41) is 12.9. The molecule has 1 aliphatic heterocycles. The second-order valence-electron chi connectivity index (χ2n) is 8.15. The second kappa shape index (κ2) is 18.6. The van der Waals surface area contributed by atoms with Gasteiger partial charge in [0.15, 0.2) is 0 Å². The third-order valence-electron chi connectivity index (χ3n) is 5.65. The van der Waals surface area contributed by atoms with Gasteiger partial charge in [0.1, 0.15) is 0 Å². The molecular weight excluding hydrogens is 369 g/mol. The Labute approximate surface area is 179 Å². The van der Waals surface area contributed by atoms with E-state index in [1.807, 2.05) is 6.92 Å². The summed E-state index contributed by atoms with van der Waals surface area (Å²) < 4.78 is 23.8. The van der Waals surface area contributed by atoms with Gasteiger partial charge < -0.3 is 29.2 Å². The molecule has 1 fully saturated rings. The minimum Gasteiger partial charge on any atom is -0.410 e. The predicted molar refractivity (Wildman–Crippen MR) is 119 cm³/mol. The third-order valence-corrected chi connectivity index (χ3v) is 5.65. The van der Waals surface area contributed by atoms with Crippen molar-refractivity contribution in [2.45, 2.75) is 71.5 Å². The van der Waals surface area contributed by atoms with Crippen molar-refractivity contribution in [1.29, 1.82) is 0 Å². The predicted octanol–water partition coefficient (Wildman–Crippen LogP) is 3.53. The monoisotopic (exact) mass is 415 g/mol. The summed E-state index contributed by atoms with van der Waals surface area (Å²) in [5.74, 6) is 1.13. The number of rotatable bonds is 17. The molecule has 172 valence electrons. The van der Waals surface area contributed by atoms with Crippen LogP contribution in [-0.2, 0) is 18.8 Å². The third kappa shape index (κ3) is 13.0. The van der Waals surface area contributed by atoms with Crippen LogP contribution in [0.15, 0.2) is 0 Å². The number of hydrogen-bond donors (Lipinski definition) is 2. The number of nitrogens with one attached hydrogen (secondary N) is 1. The van der Waals surface area contributed by atoms with E-state index in [0.29, 0.717) is 38.3 Å². The maximum Gasteiger partial charge on any atom is 0.460 e. The van der Waals surface area contributed by atoms with E-state index in [1.54, 1.807) is 0 Å². The van der Waals surface area contributed by atoms with Crippen LogP contribution in [0.25, 0.3) is 0 Å². The molecule has 0 aromatic rings. The van der Waals surface area contributed by atoms with Crippen molar-refractivity contribution in [2.75, 3.05) is 59.3 Å². The molecule has 29 heavy (non-hydrogen) atoms. The lowest BCUT2D eigenvalue weighted by Crippen LogP contribution is -2.40. The molecule has 7 heteroatoms. The van der Waals surface area contributed by atoms with Crippen molar-refractivity contribution >= 4 is 7.12 Å². The van der Waals surface area contributed by atoms with Crippen molar-refractivity contribution in [3.05, 3.63) is 0 Å². The SMILES string of the molecule is CCCCCC(COCC)CC(CC(CCO)COCC)B1OCCNCCO1. The molecule has 0 saturated carbocycles. The Morgan fingerprint density at radius 3 is 2.00 bits per heavy atom. The van der Waals surface area contributed by atoms with Crippen LogP contribution in [0.3, 0.4) is 0 Å². The van der Waals surface area contributed by atoms with Crippen LogP contribution in [0.1, 0.15) is 65.7 Å². The fourth-order valence-electron chi connectivity index (χ4n) is 4.09. The molecule has 2 N–H and O–H groups in total. The van der Waals surface area contributed by atoms with Gasteiger partial charge in [0.25, 0.3) is 0 Å². The van der Waals surface area contributed by atoms with Gasteiger partial charge in [0, 0.05) is 59.3 Å². The highest BCUT2D eigenvalue weighted by molar-refractivity contribution is 6.46. The van der Waals surface area contributed by atoms with Crippen LogP contribution in [-0.4, -0.2) is 71.6 Å². The Morgan fingerprint density at radius 1 is 0.897 bits per heavy atom. The summed E-state index contributed by atoms with van der Waals surface area (Å²) in [4.78, 5) is 0. The van der Waals surface area contributed by atoms with E-state index in [2.05, 4.69) is 19.2 Å². The van der Waals surface area contributed by atoms with Gasteiger partial charge in [-0.1, -0.05) is 26.2 Å². The van der Waals surface area contributed by atoms with Crippen LogP contribution in [0.4, 0.5) is 0 Å². The number of hydrogen-bond acceptors (Lipinski definition) is 6. The molecule has 6 nitrogen and oxygen atoms in total. The summed E-state index contributed by atoms with van der Waals surface area (Å²) in [5.41, 5.74) is 0. The minimum atomic E-state index is -0.185. The summed E-state index contributed by atoms with van der Waals surface area (Å²) in [7, 11) is -0.185. The van der Waals surface area contributed by atoms with Gasteiger partial charge in [-0.15, -0.1) is 0 Å². The fraction of sp³-hybridized carbons (Fsp3) is 1.00. The lowest BCUT2D eigenvalue weighted by Gasteiger charge is -2.31. The Hall–Kier alpha value is -0.175. The highest BCUT2D eigenvalue weighted by Gasteiger charge is 2.34. The zero-order valence-corrected chi connectivity index (χ0v) is 19.2. The number of ether oxygens (including phenoxy) is 2. The molecule has 0 bridgehead atoms. The molecule has 3 unspecified atom stereocenters. The van der Waals surface area contributed by atoms with Gasteiger partial charge in [0.2, 0.25) is 0 Å². The van der Waals surface area contributed by atoms with E-state index in [9.17, 15) is 5.11 Å². The largest absolute Gasteiger partial charge is 0.460 e. The summed E-state index contributed by atoms with van der Waals surface area (Å²) in [6.07, 6.45) is 7.69. The van der Waals surface area contributed by atoms with Crippen molar-refractivity contribution in [1.82, 2.24) is 5.32 Å². The molecular formula is C22H46BNO5. The van der Waals surface area contributed by atoms with Gasteiger partial charge in [0.05, 0.1) is 0 Å². The van der Waals surface area contributed by atoms with E-state index in [-0.39, 0.29) is 19.5 Å². The summed E-state index contributed by atoms with van der Waals surface area (Å²) in [6.45, 7) is 12.6. The number of unbranched alkanes of at least 4 members (excludes halogenated alkanes) is 2. The molecule has 0 aromatic heterocycles. The fourth-order valence-corrected chi connectivity index (χ4v) is 4.09. The van der Waals surface area contributed by atoms with Crippen LogP contribution in [0.5, 0.6) is 0 Å². The maximum absolute atomic E-state index is 9.54. The van der Waals surface area contributed by atoms with Gasteiger partial charge in [-0.25, -0.2) is 0 Å². The number of aliphatic hydroxyl groups excluding tert-OH is 1. The average Bonchev–Trinajstić information content (AvgIpc) is 2.69. The first-order valence-corrected chi connectivity index (χ1v) is 11.9. The quantitative estimate of drug-likeness (QED) is 0.280. The minimum absolute atomic E-state index is 0.185. The highest BCUT2D eigenvalue weighted by Crippen LogP contribution is 2.33. The molecule has 1 heterocycles. The lowest BCUT2D eigenvalue weighted by molar-refractivity contribution is 0.0792. The topological polar surface area (TPSA) is 69.2 Å². The van der Waals surface area contributed by atoms with Gasteiger partial charge in [-0.3, -0.25) is 0 Å². The van der Waals surface area contributed by atoms with Crippen molar-refractivity contribution < 1.29 is 23.9 Å². The first kappa shape index (κ1) is 26.9. The lowest BCUT2D eigenvalue weighted by atomic mass is 9.63. The molecule has 0 radical (unpaired) electrons. The summed E-state index contributed by atoms with van der Waals surface area (Å²) >= 11 is 0. The molecule has 0 aromatic carbocycles. The Balaban J connectivity index is 2.82. The van der Waals surface area contributed by atoms with E-state index in [0.717, 1.165) is 45.6 Å². The standard InChI is InChI=1S/C22H46BNO5/c1-4-7-8-9-20(18-26-5-2)16-22(17-21(10-13-25)19-27-6-3)23-28-14-11-24-12-15-29-23/h20-22,24-25H,4-19H2,1-3H3. The first-order chi connectivity index (χ1) is 14.2. The zero-order chi connectivity index (χ0) is 21.2. The maximum atomic E-state index is 9.54. The van der Waals surface area contributed by atoms with Crippen LogP contribution in [0, 0.1) is 11.8 Å². The molecule has 1 rings (SSSR count). The molecule has 0 aliphatic carbocycles. The van der Waals surface area contributed by atoms with Crippen molar-refractivity contribution in [3.8, 4) is 0 Å². The second-order valence-corrected chi connectivity index (χ2v) is 8.15. The molecule has 1 aliphatic rings. The first-order valence-electron chi connectivity index (χ1n) is 11.9. The van der Waals surface area contributed by atoms with E-state index in [1.165, 1.54) is 25.7 Å². The average molecular weight is 415 g/mol. The Bertz CT molecular complexity index is 356. The zero-order valence-electron chi connectivity index (χ0n) is 19.2.